The monoisotopic (exact) mass is 248 g/mol. The molecule has 3 heteroatoms. The maximum atomic E-state index is 10.0. The van der Waals surface area contributed by atoms with Gasteiger partial charge in [-0.25, -0.2) is 0 Å². The van der Waals surface area contributed by atoms with E-state index in [1.54, 1.807) is 0 Å². The number of aliphatic hydroxyl groups is 1. The van der Waals surface area contributed by atoms with E-state index in [2.05, 4.69) is 56.1 Å². The molecule has 1 aromatic carbocycles. The van der Waals surface area contributed by atoms with Gasteiger partial charge >= 0.3 is 0 Å². The lowest BCUT2D eigenvalue weighted by molar-refractivity contribution is 0.179. The largest absolute Gasteiger partial charge is 0.390 e. The quantitative estimate of drug-likeness (QED) is 0.796. The lowest BCUT2D eigenvalue weighted by Crippen LogP contribution is -2.46. The van der Waals surface area contributed by atoms with Gasteiger partial charge in [0.1, 0.15) is 0 Å². The second kappa shape index (κ2) is 4.90. The van der Waals surface area contributed by atoms with E-state index >= 15 is 0 Å². The highest BCUT2D eigenvalue weighted by Gasteiger charge is 2.28. The van der Waals surface area contributed by atoms with Gasteiger partial charge in [0.2, 0.25) is 0 Å². The predicted octanol–water partition coefficient (Wildman–Crippen LogP) is 1.85. The molecule has 0 spiro atoms. The van der Waals surface area contributed by atoms with E-state index in [0.717, 1.165) is 6.54 Å². The Hall–Kier alpha value is -1.06. The molecular formula is C15H24N2O. The van der Waals surface area contributed by atoms with Crippen molar-refractivity contribution in [2.45, 2.75) is 39.3 Å². The average Bonchev–Trinajstić information content (AvgIpc) is 2.42. The average molecular weight is 248 g/mol. The van der Waals surface area contributed by atoms with Crippen molar-refractivity contribution >= 4 is 5.69 Å². The van der Waals surface area contributed by atoms with Crippen LogP contribution in [0.5, 0.6) is 0 Å². The summed E-state index contributed by atoms with van der Waals surface area (Å²) in [6, 6.07) is 6.38. The summed E-state index contributed by atoms with van der Waals surface area (Å²) in [5.41, 5.74) is 3.87. The van der Waals surface area contributed by atoms with Gasteiger partial charge in [-0.2, -0.15) is 0 Å². The first-order valence-electron chi connectivity index (χ1n) is 6.63. The Kier molecular flexibility index (Phi) is 3.64. The van der Waals surface area contributed by atoms with Crippen LogP contribution in [0.25, 0.3) is 0 Å². The molecule has 2 N–H and O–H groups in total. The summed E-state index contributed by atoms with van der Waals surface area (Å²) in [6.45, 7) is 10.9. The molecule has 0 radical (unpaired) electrons. The fraction of sp³-hybridized carbons (Fsp3) is 0.600. The molecule has 1 saturated heterocycles. The SMILES string of the molecule is Cc1cccc(N2CC(O)CNC(C)(C)C2)c1C. The molecule has 1 aliphatic rings. The highest BCUT2D eigenvalue weighted by atomic mass is 16.3. The third kappa shape index (κ3) is 2.85. The summed E-state index contributed by atoms with van der Waals surface area (Å²) >= 11 is 0. The number of rotatable bonds is 1. The fourth-order valence-corrected chi connectivity index (χ4v) is 2.57. The molecule has 0 aliphatic carbocycles. The van der Waals surface area contributed by atoms with Gasteiger partial charge in [0, 0.05) is 30.9 Å². The number of aryl methyl sites for hydroxylation is 1. The van der Waals surface area contributed by atoms with Gasteiger partial charge in [0.25, 0.3) is 0 Å². The number of benzene rings is 1. The molecule has 1 unspecified atom stereocenters. The van der Waals surface area contributed by atoms with E-state index in [0.29, 0.717) is 13.1 Å². The van der Waals surface area contributed by atoms with Crippen molar-refractivity contribution in [1.82, 2.24) is 5.32 Å². The molecule has 2 rings (SSSR count). The molecule has 18 heavy (non-hydrogen) atoms. The zero-order valence-electron chi connectivity index (χ0n) is 11.8. The maximum Gasteiger partial charge on any atom is 0.0839 e. The third-order valence-corrected chi connectivity index (χ3v) is 3.75. The van der Waals surface area contributed by atoms with Crippen LogP contribution in [0.15, 0.2) is 18.2 Å². The molecule has 3 nitrogen and oxygen atoms in total. The molecule has 1 aliphatic heterocycles. The van der Waals surface area contributed by atoms with Gasteiger partial charge in [0.05, 0.1) is 6.10 Å². The van der Waals surface area contributed by atoms with E-state index in [1.165, 1.54) is 16.8 Å². The number of nitrogens with zero attached hydrogens (tertiary/aromatic N) is 1. The van der Waals surface area contributed by atoms with Crippen LogP contribution in [0.1, 0.15) is 25.0 Å². The van der Waals surface area contributed by atoms with Crippen molar-refractivity contribution < 1.29 is 5.11 Å². The molecule has 0 saturated carbocycles. The van der Waals surface area contributed by atoms with Crippen molar-refractivity contribution in [2.75, 3.05) is 24.5 Å². The summed E-state index contributed by atoms with van der Waals surface area (Å²) in [4.78, 5) is 2.30. The number of β-amino-alcohol motifs (C(OH)–C–C–N with tert-alkyl or cyclic N) is 1. The maximum absolute atomic E-state index is 10.0. The minimum atomic E-state index is -0.313. The Balaban J connectivity index is 2.32. The highest BCUT2D eigenvalue weighted by molar-refractivity contribution is 5.56. The van der Waals surface area contributed by atoms with E-state index in [1.807, 2.05) is 0 Å². The minimum absolute atomic E-state index is 0.0215. The summed E-state index contributed by atoms with van der Waals surface area (Å²) in [6.07, 6.45) is -0.313. The van der Waals surface area contributed by atoms with Crippen LogP contribution in [0, 0.1) is 13.8 Å². The number of nitrogens with one attached hydrogen (secondary N) is 1. The fourth-order valence-electron chi connectivity index (χ4n) is 2.57. The summed E-state index contributed by atoms with van der Waals surface area (Å²) < 4.78 is 0. The Bertz CT molecular complexity index is 429. The van der Waals surface area contributed by atoms with Crippen LogP contribution in [0.3, 0.4) is 0 Å². The molecule has 1 aromatic rings. The summed E-state index contributed by atoms with van der Waals surface area (Å²) in [5, 5.41) is 13.4. The van der Waals surface area contributed by atoms with Crippen LogP contribution in [0.2, 0.25) is 0 Å². The van der Waals surface area contributed by atoms with Gasteiger partial charge in [-0.15, -0.1) is 0 Å². The number of aliphatic hydroxyl groups excluding tert-OH is 1. The van der Waals surface area contributed by atoms with Gasteiger partial charge in [-0.05, 0) is 44.9 Å². The van der Waals surface area contributed by atoms with E-state index in [4.69, 9.17) is 0 Å². The number of hydrogen-bond acceptors (Lipinski definition) is 3. The van der Waals surface area contributed by atoms with Crippen molar-refractivity contribution in [3.05, 3.63) is 29.3 Å². The van der Waals surface area contributed by atoms with Gasteiger partial charge in [-0.3, -0.25) is 0 Å². The lowest BCUT2D eigenvalue weighted by Gasteiger charge is -2.32. The van der Waals surface area contributed by atoms with Crippen LogP contribution >= 0.6 is 0 Å². The minimum Gasteiger partial charge on any atom is -0.390 e. The summed E-state index contributed by atoms with van der Waals surface area (Å²) in [7, 11) is 0. The van der Waals surface area contributed by atoms with Gasteiger partial charge in [-0.1, -0.05) is 12.1 Å². The molecule has 0 amide bonds. The standard InChI is InChI=1S/C15H24N2O/c1-11-6-5-7-14(12(11)2)17-9-13(18)8-16-15(3,4)10-17/h5-7,13,16,18H,8-10H2,1-4H3. The molecule has 0 bridgehead atoms. The highest BCUT2D eigenvalue weighted by Crippen LogP contribution is 2.25. The van der Waals surface area contributed by atoms with Crippen LogP contribution in [-0.4, -0.2) is 36.4 Å². The van der Waals surface area contributed by atoms with Crippen molar-refractivity contribution in [3.63, 3.8) is 0 Å². The van der Waals surface area contributed by atoms with Gasteiger partial charge < -0.3 is 15.3 Å². The third-order valence-electron chi connectivity index (χ3n) is 3.75. The van der Waals surface area contributed by atoms with Gasteiger partial charge in [0.15, 0.2) is 0 Å². The normalized spacial score (nSPS) is 23.8. The molecule has 100 valence electrons. The van der Waals surface area contributed by atoms with Crippen molar-refractivity contribution in [1.29, 1.82) is 0 Å². The number of anilines is 1. The predicted molar refractivity (Wildman–Crippen MR) is 76.2 cm³/mol. The molecule has 0 aromatic heterocycles. The zero-order valence-corrected chi connectivity index (χ0v) is 11.8. The smallest absolute Gasteiger partial charge is 0.0839 e. The lowest BCUT2D eigenvalue weighted by atomic mass is 10.0. The first-order chi connectivity index (χ1) is 8.39. The second-order valence-electron chi connectivity index (χ2n) is 6.02. The van der Waals surface area contributed by atoms with Crippen molar-refractivity contribution in [2.24, 2.45) is 0 Å². The zero-order chi connectivity index (χ0) is 13.3. The number of hydrogen-bond donors (Lipinski definition) is 2. The first kappa shape index (κ1) is 13.4. The Labute approximate surface area is 110 Å². The van der Waals surface area contributed by atoms with Crippen LogP contribution < -0.4 is 10.2 Å². The molecular weight excluding hydrogens is 224 g/mol. The topological polar surface area (TPSA) is 35.5 Å². The van der Waals surface area contributed by atoms with E-state index in [-0.39, 0.29) is 11.6 Å². The summed E-state index contributed by atoms with van der Waals surface area (Å²) in [5.74, 6) is 0. The first-order valence-corrected chi connectivity index (χ1v) is 6.63. The van der Waals surface area contributed by atoms with Crippen LogP contribution in [-0.2, 0) is 0 Å². The van der Waals surface area contributed by atoms with E-state index in [9.17, 15) is 5.11 Å². The Morgan fingerprint density at radius 1 is 1.33 bits per heavy atom. The van der Waals surface area contributed by atoms with E-state index < -0.39 is 0 Å². The van der Waals surface area contributed by atoms with Crippen molar-refractivity contribution in [3.8, 4) is 0 Å². The molecule has 1 fully saturated rings. The Morgan fingerprint density at radius 3 is 2.78 bits per heavy atom. The Morgan fingerprint density at radius 2 is 2.06 bits per heavy atom. The molecule has 1 atom stereocenters. The second-order valence-corrected chi connectivity index (χ2v) is 6.02. The molecule has 1 heterocycles. The van der Waals surface area contributed by atoms with Crippen LogP contribution in [0.4, 0.5) is 5.69 Å².